The molecule has 6 rings (SSSR count). The Hall–Kier alpha value is -2.58. The molecule has 0 bridgehead atoms. The summed E-state index contributed by atoms with van der Waals surface area (Å²) in [4.78, 5) is 53.8. The normalized spacial score (nSPS) is 25.6. The lowest BCUT2D eigenvalue weighted by Crippen LogP contribution is -2.64. The lowest BCUT2D eigenvalue weighted by atomic mass is 9.71. The molecular weight excluding hydrogens is 569 g/mol. The van der Waals surface area contributed by atoms with E-state index in [0.717, 1.165) is 25.0 Å². The number of hydrogen-bond acceptors (Lipinski definition) is 7. The average Bonchev–Trinajstić information content (AvgIpc) is 3.32. The fourth-order valence-electron chi connectivity index (χ4n) is 7.29. The summed E-state index contributed by atoms with van der Waals surface area (Å²) in [6.07, 6.45) is 8.28. The van der Waals surface area contributed by atoms with Crippen LogP contribution in [0.5, 0.6) is 0 Å². The molecule has 2 saturated heterocycles. The maximum absolute atomic E-state index is 14.1. The Morgan fingerprint density at radius 1 is 1.05 bits per heavy atom. The van der Waals surface area contributed by atoms with Crippen molar-refractivity contribution in [3.8, 4) is 0 Å². The molecule has 1 N–H and O–H groups in total. The number of thiazole rings is 1. The van der Waals surface area contributed by atoms with Gasteiger partial charge in [-0.25, -0.2) is 0 Å². The van der Waals surface area contributed by atoms with Crippen molar-refractivity contribution in [1.29, 1.82) is 0 Å². The van der Waals surface area contributed by atoms with Gasteiger partial charge in [0, 0.05) is 49.1 Å². The minimum atomic E-state index is -2.85. The number of rotatable bonds is 7. The standard InChI is InChI=1S/C31H42N5O4PS/c1-30(2)13-21(30)28(38)36-17-31(18-36)16-35(29(39)25-14-32-19-42-25)15-22(31)26(37)34-27(41(3,4)40)24-12-8-11-23(33-24)20-9-6-5-7-10-20/h8,11-12,14,19-22,27H,5-7,9-10,13,15-18H2,1-4H3,(H,34,37)/t21-,22+,27?/m1/s1. The van der Waals surface area contributed by atoms with Crippen LogP contribution in [0.3, 0.4) is 0 Å². The molecule has 1 spiro atoms. The molecule has 0 aromatic carbocycles. The Balaban J connectivity index is 1.24. The molecular formula is C31H42N5O4PS. The maximum atomic E-state index is 14.1. The van der Waals surface area contributed by atoms with E-state index in [-0.39, 0.29) is 35.6 Å². The molecule has 2 aliphatic heterocycles. The summed E-state index contributed by atoms with van der Waals surface area (Å²) in [5.74, 6) is -1.06. The molecule has 2 aromatic heterocycles. The first kappa shape index (κ1) is 29.5. The van der Waals surface area contributed by atoms with Gasteiger partial charge in [0.25, 0.3) is 5.91 Å². The first-order chi connectivity index (χ1) is 19.9. The predicted molar refractivity (Wildman–Crippen MR) is 163 cm³/mol. The average molecular weight is 612 g/mol. The molecule has 11 heteroatoms. The van der Waals surface area contributed by atoms with E-state index in [1.54, 1.807) is 29.9 Å². The molecule has 226 valence electrons. The number of nitrogens with one attached hydrogen (secondary N) is 1. The molecule has 4 heterocycles. The molecule has 9 nitrogen and oxygen atoms in total. The van der Waals surface area contributed by atoms with Crippen LogP contribution in [0.4, 0.5) is 0 Å². The van der Waals surface area contributed by atoms with Gasteiger partial charge < -0.3 is 19.7 Å². The van der Waals surface area contributed by atoms with E-state index in [1.807, 2.05) is 23.1 Å². The highest BCUT2D eigenvalue weighted by molar-refractivity contribution is 7.62. The quantitative estimate of drug-likeness (QED) is 0.443. The van der Waals surface area contributed by atoms with Crippen molar-refractivity contribution in [2.24, 2.45) is 22.7 Å². The largest absolute Gasteiger partial charge is 0.341 e. The second-order valence-corrected chi connectivity index (χ2v) is 18.3. The minimum absolute atomic E-state index is 0.0241. The van der Waals surface area contributed by atoms with E-state index in [4.69, 9.17) is 4.98 Å². The second-order valence-electron chi connectivity index (χ2n) is 14.1. The molecule has 3 atom stereocenters. The number of amides is 3. The number of pyridine rings is 1. The predicted octanol–water partition coefficient (Wildman–Crippen LogP) is 4.97. The summed E-state index contributed by atoms with van der Waals surface area (Å²) in [6, 6.07) is 5.87. The first-order valence-corrected chi connectivity index (χ1v) is 18.7. The number of carbonyl (C=O) groups is 3. The summed E-state index contributed by atoms with van der Waals surface area (Å²) < 4.78 is 13.6. The summed E-state index contributed by atoms with van der Waals surface area (Å²) in [7, 11) is -2.85. The molecule has 3 amide bonds. The van der Waals surface area contributed by atoms with Gasteiger partial charge in [-0.1, -0.05) is 39.2 Å². The van der Waals surface area contributed by atoms with E-state index < -0.39 is 24.3 Å². The zero-order valence-electron chi connectivity index (χ0n) is 25.0. The van der Waals surface area contributed by atoms with E-state index in [0.29, 0.717) is 36.1 Å². The van der Waals surface area contributed by atoms with E-state index in [2.05, 4.69) is 24.1 Å². The van der Waals surface area contributed by atoms with Crippen molar-refractivity contribution < 1.29 is 18.9 Å². The van der Waals surface area contributed by atoms with Gasteiger partial charge in [0.15, 0.2) is 0 Å². The lowest BCUT2D eigenvalue weighted by Gasteiger charge is -2.50. The highest BCUT2D eigenvalue weighted by Crippen LogP contribution is 2.55. The maximum Gasteiger partial charge on any atom is 0.265 e. The van der Waals surface area contributed by atoms with Gasteiger partial charge in [-0.15, -0.1) is 11.3 Å². The van der Waals surface area contributed by atoms with Crippen molar-refractivity contribution in [2.75, 3.05) is 39.5 Å². The summed E-state index contributed by atoms with van der Waals surface area (Å²) >= 11 is 1.28. The number of hydrogen-bond donors (Lipinski definition) is 1. The van der Waals surface area contributed by atoms with Crippen LogP contribution in [0.1, 0.15) is 85.1 Å². The number of nitrogens with zero attached hydrogens (tertiary/aromatic N) is 4. The van der Waals surface area contributed by atoms with Crippen LogP contribution in [-0.2, 0) is 14.2 Å². The monoisotopic (exact) mass is 611 g/mol. The molecule has 0 radical (unpaired) electrons. The van der Waals surface area contributed by atoms with Crippen molar-refractivity contribution in [1.82, 2.24) is 25.1 Å². The summed E-state index contributed by atoms with van der Waals surface area (Å²) in [6.45, 7) is 9.14. The Labute approximate surface area is 252 Å². The van der Waals surface area contributed by atoms with Crippen molar-refractivity contribution >= 4 is 36.2 Å². The Morgan fingerprint density at radius 2 is 1.74 bits per heavy atom. The fraction of sp³-hybridized carbons (Fsp3) is 0.645. The number of carbonyl (C=O) groups excluding carboxylic acids is 3. The van der Waals surface area contributed by atoms with Crippen LogP contribution in [-0.4, -0.2) is 77.0 Å². The minimum Gasteiger partial charge on any atom is -0.341 e. The molecule has 4 aliphatic rings. The topological polar surface area (TPSA) is 113 Å². The summed E-state index contributed by atoms with van der Waals surface area (Å²) in [5.41, 5.74) is 2.76. The molecule has 4 fully saturated rings. The third-order valence-corrected chi connectivity index (χ3v) is 12.4. The number of likely N-dealkylation sites (tertiary alicyclic amines) is 2. The Bertz CT molecular complexity index is 1410. The third kappa shape index (κ3) is 5.57. The zero-order chi connectivity index (χ0) is 29.9. The van der Waals surface area contributed by atoms with Crippen LogP contribution < -0.4 is 5.32 Å². The van der Waals surface area contributed by atoms with Crippen LogP contribution in [0.2, 0.25) is 0 Å². The highest BCUT2D eigenvalue weighted by atomic mass is 32.1. The lowest BCUT2D eigenvalue weighted by molar-refractivity contribution is -0.151. The van der Waals surface area contributed by atoms with Crippen molar-refractivity contribution in [2.45, 2.75) is 64.1 Å². The number of aromatic nitrogens is 2. The molecule has 42 heavy (non-hydrogen) atoms. The smallest absolute Gasteiger partial charge is 0.265 e. The SMILES string of the molecule is CC1(C)C[C@@H]1C(=O)N1CC2(CN(C(=O)c3cncs3)C[C@H]2C(=O)NC(c2cccc(C3CCCCC3)n2)P(C)(C)=O)C1. The van der Waals surface area contributed by atoms with E-state index >= 15 is 0 Å². The van der Waals surface area contributed by atoms with Crippen molar-refractivity contribution in [3.05, 3.63) is 46.2 Å². The Kier molecular flexibility index (Phi) is 7.62. The van der Waals surface area contributed by atoms with Crippen molar-refractivity contribution in [3.63, 3.8) is 0 Å². The van der Waals surface area contributed by atoms with Crippen LogP contribution in [0, 0.1) is 22.7 Å². The van der Waals surface area contributed by atoms with Gasteiger partial charge in [0.05, 0.1) is 23.3 Å². The fourth-order valence-corrected chi connectivity index (χ4v) is 9.10. The van der Waals surface area contributed by atoms with Crippen LogP contribution >= 0.6 is 18.5 Å². The van der Waals surface area contributed by atoms with Crippen LogP contribution in [0.25, 0.3) is 0 Å². The van der Waals surface area contributed by atoms with Gasteiger partial charge >= 0.3 is 0 Å². The van der Waals surface area contributed by atoms with E-state index in [9.17, 15) is 18.9 Å². The van der Waals surface area contributed by atoms with Gasteiger partial charge in [0.2, 0.25) is 11.8 Å². The van der Waals surface area contributed by atoms with Crippen LogP contribution in [0.15, 0.2) is 29.9 Å². The molecule has 2 aromatic rings. The highest BCUT2D eigenvalue weighted by Gasteiger charge is 2.62. The zero-order valence-corrected chi connectivity index (χ0v) is 26.8. The second kappa shape index (κ2) is 10.8. The first-order valence-electron chi connectivity index (χ1n) is 15.2. The molecule has 1 unspecified atom stereocenters. The summed E-state index contributed by atoms with van der Waals surface area (Å²) in [5, 5.41) is 3.14. The molecule has 2 saturated carbocycles. The van der Waals surface area contributed by atoms with Gasteiger partial charge in [-0.3, -0.25) is 24.4 Å². The van der Waals surface area contributed by atoms with Gasteiger partial charge in [-0.05, 0) is 50.1 Å². The van der Waals surface area contributed by atoms with E-state index in [1.165, 1.54) is 30.6 Å². The molecule has 2 aliphatic carbocycles. The van der Waals surface area contributed by atoms with Gasteiger partial charge in [-0.2, -0.15) is 0 Å². The Morgan fingerprint density at radius 3 is 2.36 bits per heavy atom. The third-order valence-electron chi connectivity index (χ3n) is 10.0. The van der Waals surface area contributed by atoms with Gasteiger partial charge in [0.1, 0.15) is 17.8 Å².